The van der Waals surface area contributed by atoms with E-state index < -0.39 is 57.6 Å². The van der Waals surface area contributed by atoms with Crippen molar-refractivity contribution < 1.29 is 71.9 Å². The lowest BCUT2D eigenvalue weighted by Gasteiger charge is -2.32. The smallest absolute Gasteiger partial charge is 0.464 e. The highest BCUT2D eigenvalue weighted by Gasteiger charge is 2.69. The second-order valence-corrected chi connectivity index (χ2v) is 5.92. The zero-order chi connectivity index (χ0) is 22.1. The number of carbonyl (C=O) groups is 2. The van der Waals surface area contributed by atoms with Crippen molar-refractivity contribution >= 4 is 22.1 Å². The molecule has 27 heavy (non-hydrogen) atoms. The number of halogens is 8. The van der Waals surface area contributed by atoms with Crippen molar-refractivity contribution in [3.63, 3.8) is 0 Å². The second-order valence-electron chi connectivity index (χ2n) is 4.37. The first-order chi connectivity index (χ1) is 11.7. The van der Waals surface area contributed by atoms with Crippen molar-refractivity contribution in [3.8, 4) is 0 Å². The molecule has 0 aliphatic carbocycles. The maximum Gasteiger partial charge on any atom is 0.468 e. The van der Waals surface area contributed by atoms with Gasteiger partial charge in [-0.25, -0.2) is 9.59 Å². The Kier molecular flexibility index (Phi) is 6.98. The van der Waals surface area contributed by atoms with Crippen molar-refractivity contribution in [1.29, 1.82) is 0 Å². The minimum absolute atomic E-state index is 0.180. The van der Waals surface area contributed by atoms with E-state index in [1.165, 1.54) is 0 Å². The first kappa shape index (κ1) is 25.0. The van der Waals surface area contributed by atoms with Gasteiger partial charge >= 0.3 is 45.5 Å². The van der Waals surface area contributed by atoms with Crippen molar-refractivity contribution in [1.82, 2.24) is 0 Å². The Hall–Kier alpha value is -2.01. The average Bonchev–Trinajstić information content (AvgIpc) is 2.46. The standard InChI is InChI=1S/C10H8F8O8S/c1-4(9(13,14)15)5(19)26-8(6(20)24-2,10(16,17)18)25-3-7(11,12)27(21,22)23/h1,3H2,2H3,(H,21,22,23). The van der Waals surface area contributed by atoms with Gasteiger partial charge in [0.05, 0.1) is 7.11 Å². The molecule has 0 radical (unpaired) electrons. The molecule has 0 amide bonds. The monoisotopic (exact) mass is 440 g/mol. The van der Waals surface area contributed by atoms with E-state index in [0.717, 1.165) is 0 Å². The van der Waals surface area contributed by atoms with Gasteiger partial charge in [-0.3, -0.25) is 4.55 Å². The topological polar surface area (TPSA) is 116 Å². The highest BCUT2D eigenvalue weighted by molar-refractivity contribution is 7.86. The molecule has 8 nitrogen and oxygen atoms in total. The molecule has 0 aliphatic heterocycles. The fourth-order valence-electron chi connectivity index (χ4n) is 1.09. The van der Waals surface area contributed by atoms with Crippen LogP contribution >= 0.6 is 0 Å². The molecule has 0 aromatic rings. The molecule has 17 heteroatoms. The summed E-state index contributed by atoms with van der Waals surface area (Å²) in [7, 11) is -6.21. The molecule has 0 aromatic carbocycles. The summed E-state index contributed by atoms with van der Waals surface area (Å²) in [6, 6.07) is 0. The summed E-state index contributed by atoms with van der Waals surface area (Å²) in [4.78, 5) is 22.6. The average molecular weight is 440 g/mol. The van der Waals surface area contributed by atoms with Crippen molar-refractivity contribution in [2.24, 2.45) is 0 Å². The number of alkyl halides is 8. The maximum atomic E-state index is 13.1. The number of hydrogen-bond acceptors (Lipinski definition) is 7. The van der Waals surface area contributed by atoms with Gasteiger partial charge in [-0.15, -0.1) is 0 Å². The Bertz CT molecular complexity index is 710. The molecule has 1 atom stereocenters. The molecular formula is C10H8F8O8S. The fraction of sp³-hybridized carbons (Fsp3) is 0.600. The van der Waals surface area contributed by atoms with E-state index in [-0.39, 0.29) is 7.11 Å². The predicted molar refractivity (Wildman–Crippen MR) is 64.5 cm³/mol. The van der Waals surface area contributed by atoms with Crippen LogP contribution in [-0.2, 0) is 33.9 Å². The van der Waals surface area contributed by atoms with Crippen LogP contribution in [0.3, 0.4) is 0 Å². The highest BCUT2D eigenvalue weighted by Crippen LogP contribution is 2.39. The fourth-order valence-corrected chi connectivity index (χ4v) is 1.30. The molecule has 0 heterocycles. The molecule has 1 unspecified atom stereocenters. The minimum atomic E-state index is -6.39. The Balaban J connectivity index is 6.15. The Morgan fingerprint density at radius 3 is 1.78 bits per heavy atom. The molecule has 0 aliphatic rings. The van der Waals surface area contributed by atoms with Crippen molar-refractivity contribution in [2.45, 2.75) is 23.4 Å². The van der Waals surface area contributed by atoms with E-state index in [9.17, 15) is 53.1 Å². The van der Waals surface area contributed by atoms with E-state index >= 15 is 0 Å². The summed E-state index contributed by atoms with van der Waals surface area (Å²) in [5.74, 6) is -11.0. The zero-order valence-corrected chi connectivity index (χ0v) is 13.5. The van der Waals surface area contributed by atoms with Gasteiger partial charge in [0.2, 0.25) is 0 Å². The first-order valence-electron chi connectivity index (χ1n) is 5.86. The third-order valence-corrected chi connectivity index (χ3v) is 3.35. The second kappa shape index (κ2) is 7.55. The van der Waals surface area contributed by atoms with Gasteiger partial charge in [-0.1, -0.05) is 6.58 Å². The van der Waals surface area contributed by atoms with Gasteiger partial charge in [-0.05, 0) is 0 Å². The summed E-state index contributed by atoms with van der Waals surface area (Å²) < 4.78 is 142. The normalized spacial score (nSPS) is 15.6. The Labute approximate surface area is 144 Å². The van der Waals surface area contributed by atoms with Crippen molar-refractivity contribution in [3.05, 3.63) is 12.2 Å². The number of methoxy groups -OCH3 is 1. The molecule has 0 spiro atoms. The SMILES string of the molecule is C=C(C(=O)OC(OCC(F)(F)S(=O)(=O)O)(C(=O)OC)C(F)(F)F)C(F)(F)F. The van der Waals surface area contributed by atoms with Crippen LogP contribution < -0.4 is 0 Å². The number of ether oxygens (including phenoxy) is 3. The van der Waals surface area contributed by atoms with Gasteiger partial charge in [0.25, 0.3) is 0 Å². The summed E-state index contributed by atoms with van der Waals surface area (Å²) in [5.41, 5.74) is -2.59. The number of hydrogen-bond donors (Lipinski definition) is 1. The lowest BCUT2D eigenvalue weighted by atomic mass is 10.2. The van der Waals surface area contributed by atoms with E-state index in [0.29, 0.717) is 0 Å². The Morgan fingerprint density at radius 2 is 1.48 bits per heavy atom. The summed E-state index contributed by atoms with van der Waals surface area (Å²) in [5, 5.41) is -5.48. The molecular weight excluding hydrogens is 432 g/mol. The molecule has 158 valence electrons. The van der Waals surface area contributed by atoms with Crippen LogP contribution in [0.15, 0.2) is 12.2 Å². The molecule has 0 saturated carbocycles. The molecule has 0 aromatic heterocycles. The minimum Gasteiger partial charge on any atom is -0.464 e. The number of carbonyl (C=O) groups excluding carboxylic acids is 2. The summed E-state index contributed by atoms with van der Waals surface area (Å²) in [6.07, 6.45) is -12.0. The molecule has 1 N–H and O–H groups in total. The summed E-state index contributed by atoms with van der Waals surface area (Å²) in [6.45, 7) is -0.899. The van der Waals surface area contributed by atoms with Crippen LogP contribution in [0.25, 0.3) is 0 Å². The van der Waals surface area contributed by atoms with E-state index in [2.05, 4.69) is 20.8 Å². The third kappa shape index (κ3) is 5.48. The van der Waals surface area contributed by atoms with Crippen LogP contribution in [0.1, 0.15) is 0 Å². The zero-order valence-electron chi connectivity index (χ0n) is 12.7. The molecule has 0 rings (SSSR count). The van der Waals surface area contributed by atoms with Crippen LogP contribution in [0.2, 0.25) is 0 Å². The lowest BCUT2D eigenvalue weighted by molar-refractivity contribution is -0.360. The van der Waals surface area contributed by atoms with Gasteiger partial charge < -0.3 is 14.2 Å². The van der Waals surface area contributed by atoms with Gasteiger partial charge in [-0.2, -0.15) is 43.5 Å². The lowest BCUT2D eigenvalue weighted by Crippen LogP contribution is -2.59. The summed E-state index contributed by atoms with van der Waals surface area (Å²) >= 11 is 0. The first-order valence-corrected chi connectivity index (χ1v) is 7.30. The number of esters is 2. The maximum absolute atomic E-state index is 13.1. The van der Waals surface area contributed by atoms with Gasteiger partial charge in [0.15, 0.2) is 0 Å². The van der Waals surface area contributed by atoms with Gasteiger partial charge in [0, 0.05) is 0 Å². The van der Waals surface area contributed by atoms with Gasteiger partial charge in [0.1, 0.15) is 12.2 Å². The highest BCUT2D eigenvalue weighted by atomic mass is 32.2. The molecule has 0 fully saturated rings. The van der Waals surface area contributed by atoms with Crippen LogP contribution in [0, 0.1) is 0 Å². The Morgan fingerprint density at radius 1 is 1.04 bits per heavy atom. The van der Waals surface area contributed by atoms with E-state index in [1.54, 1.807) is 0 Å². The third-order valence-electron chi connectivity index (χ3n) is 2.47. The molecule has 0 saturated heterocycles. The molecule has 0 bridgehead atoms. The van der Waals surface area contributed by atoms with Crippen LogP contribution in [0.5, 0.6) is 0 Å². The quantitative estimate of drug-likeness (QED) is 0.209. The van der Waals surface area contributed by atoms with Crippen molar-refractivity contribution in [2.75, 3.05) is 13.7 Å². The van der Waals surface area contributed by atoms with Crippen LogP contribution in [-0.4, -0.2) is 62.0 Å². The largest absolute Gasteiger partial charge is 0.468 e. The van der Waals surface area contributed by atoms with Crippen LogP contribution in [0.4, 0.5) is 35.1 Å². The van der Waals surface area contributed by atoms with E-state index in [1.807, 2.05) is 0 Å². The number of rotatable bonds is 7. The predicted octanol–water partition coefficient (Wildman–Crippen LogP) is 1.58. The van der Waals surface area contributed by atoms with E-state index in [4.69, 9.17) is 4.55 Å².